The number of rotatable bonds is 11. The van der Waals surface area contributed by atoms with E-state index in [9.17, 15) is 10.2 Å². The largest absolute Gasteiger partial charge is 0.433 e. The fourth-order valence-electron chi connectivity index (χ4n) is 3.74. The van der Waals surface area contributed by atoms with E-state index in [4.69, 9.17) is 47.7 Å². The Morgan fingerprint density at radius 2 is 2.00 bits per heavy atom. The number of imidazole rings is 1. The summed E-state index contributed by atoms with van der Waals surface area (Å²) in [5.41, 5.74) is 6.22. The van der Waals surface area contributed by atoms with Crippen LogP contribution in [0.15, 0.2) is 43.0 Å². The van der Waals surface area contributed by atoms with Crippen molar-refractivity contribution in [1.29, 1.82) is 0 Å². The van der Waals surface area contributed by atoms with E-state index in [0.717, 1.165) is 0 Å². The Morgan fingerprint density at radius 3 is 2.68 bits per heavy atom. The van der Waals surface area contributed by atoms with E-state index in [1.807, 2.05) is 0 Å². The van der Waals surface area contributed by atoms with Crippen molar-refractivity contribution in [2.75, 3.05) is 12.3 Å². The molecule has 1 aliphatic heterocycles. The lowest BCUT2D eigenvalue weighted by atomic mass is 10.1. The predicted octanol–water partition coefficient (Wildman–Crippen LogP) is 2.61. The number of halogens is 2. The van der Waals surface area contributed by atoms with E-state index in [1.165, 1.54) is 17.2 Å². The number of aromatic nitrogens is 4. The van der Waals surface area contributed by atoms with Crippen molar-refractivity contribution in [3.05, 3.63) is 43.0 Å². The van der Waals surface area contributed by atoms with Crippen molar-refractivity contribution in [3.63, 3.8) is 0 Å². The van der Waals surface area contributed by atoms with Crippen molar-refractivity contribution in [2.24, 2.45) is 0 Å². The summed E-state index contributed by atoms with van der Waals surface area (Å²) in [6.45, 7) is 1.39. The van der Waals surface area contributed by atoms with Crippen LogP contribution in [0.4, 0.5) is 10.2 Å². The summed E-state index contributed by atoms with van der Waals surface area (Å²) in [5, 5.41) is 21.3. The number of nitrogen functional groups attached to an aromatic ring is 1. The smallest absolute Gasteiger partial charge is 0.313 e. The zero-order valence-corrected chi connectivity index (χ0v) is 23.2. The van der Waals surface area contributed by atoms with Crippen LogP contribution in [0.3, 0.4) is 0 Å². The third-order valence-corrected chi connectivity index (χ3v) is 8.53. The molecule has 1 aliphatic rings. The van der Waals surface area contributed by atoms with Gasteiger partial charge in [-0.15, -0.1) is 0 Å². The van der Waals surface area contributed by atoms with Gasteiger partial charge >= 0.3 is 6.64 Å². The summed E-state index contributed by atoms with van der Waals surface area (Å²) in [5.74, 6) is 0.494. The Labute approximate surface area is 228 Å². The molecule has 3 aromatic rings. The van der Waals surface area contributed by atoms with E-state index in [0.29, 0.717) is 5.75 Å². The zero-order chi connectivity index (χ0) is 27.7. The lowest BCUT2D eigenvalue weighted by Crippen LogP contribution is -2.41. The Kier molecular flexibility index (Phi) is 8.87. The van der Waals surface area contributed by atoms with Crippen molar-refractivity contribution in [2.45, 2.75) is 62.8 Å². The molecule has 0 radical (unpaired) electrons. The Bertz CT molecular complexity index is 1290. The SMILES string of the molecule is CC(C)OC(O)C(C)NP(=S)(OCC1OC(n2cnc3c(N)ncnc32)C(F)(Cl)C1O)Oc1ccccc1. The number of nitrogens with one attached hydrogen (secondary N) is 1. The third kappa shape index (κ3) is 6.24. The molecule has 0 spiro atoms. The Morgan fingerprint density at radius 1 is 1.29 bits per heavy atom. The molecule has 38 heavy (non-hydrogen) atoms. The molecule has 0 aliphatic carbocycles. The van der Waals surface area contributed by atoms with Gasteiger partial charge in [-0.2, -0.15) is 0 Å². The van der Waals surface area contributed by atoms with E-state index in [1.54, 1.807) is 51.1 Å². The van der Waals surface area contributed by atoms with Gasteiger partial charge in [0.15, 0.2) is 24.0 Å². The summed E-state index contributed by atoms with van der Waals surface area (Å²) in [4.78, 5) is 12.0. The minimum atomic E-state index is -3.41. The molecular formula is C22H29ClFN6O6PS. The molecule has 0 saturated carbocycles. The van der Waals surface area contributed by atoms with Crippen molar-refractivity contribution >= 4 is 47.0 Å². The number of ether oxygens (including phenoxy) is 2. The van der Waals surface area contributed by atoms with E-state index in [2.05, 4.69) is 20.0 Å². The molecule has 7 atom stereocenters. The van der Waals surface area contributed by atoms with Gasteiger partial charge in [0.25, 0.3) is 5.13 Å². The molecule has 5 N–H and O–H groups in total. The van der Waals surface area contributed by atoms with Crippen LogP contribution in [0.1, 0.15) is 27.0 Å². The standard InChI is InChI=1S/C22H29ClFN6O6PS/c1-12(2)34-20(32)13(3)29-37(38,36-14-7-5-4-6-8-14)33-9-15-17(31)22(23,24)21(35-15)30-11-28-16-18(25)26-10-27-19(16)30/h4-8,10-13,15,17,20-21,31-32H,9H2,1-3H3,(H,29,38)(H2,25,26,27). The summed E-state index contributed by atoms with van der Waals surface area (Å²) >= 11 is 11.8. The summed E-state index contributed by atoms with van der Waals surface area (Å²) < 4.78 is 39.9. The lowest BCUT2D eigenvalue weighted by molar-refractivity contribution is -0.137. The van der Waals surface area contributed by atoms with Crippen LogP contribution in [0.2, 0.25) is 0 Å². The second-order valence-electron chi connectivity index (χ2n) is 8.92. The number of aliphatic hydroxyl groups excluding tert-OH is 2. The molecular weight excluding hydrogens is 562 g/mol. The zero-order valence-electron chi connectivity index (χ0n) is 20.7. The molecule has 0 bridgehead atoms. The molecule has 3 heterocycles. The molecule has 0 amide bonds. The first-order valence-corrected chi connectivity index (χ1v) is 14.7. The van der Waals surface area contributed by atoms with Crippen LogP contribution in [0.25, 0.3) is 11.2 Å². The van der Waals surface area contributed by atoms with Gasteiger partial charge in [-0.25, -0.2) is 24.4 Å². The van der Waals surface area contributed by atoms with Gasteiger partial charge in [-0.1, -0.05) is 29.8 Å². The van der Waals surface area contributed by atoms with Gasteiger partial charge < -0.3 is 34.5 Å². The average molecular weight is 591 g/mol. The normalized spacial score (nSPS) is 26.9. The number of fused-ring (bicyclic) bond motifs is 1. The van der Waals surface area contributed by atoms with E-state index in [-0.39, 0.29) is 23.1 Å². The summed E-state index contributed by atoms with van der Waals surface area (Å²) in [7, 11) is 0. The molecule has 16 heteroatoms. The van der Waals surface area contributed by atoms with Crippen molar-refractivity contribution in [3.8, 4) is 5.75 Å². The molecule has 1 aromatic carbocycles. The van der Waals surface area contributed by atoms with Crippen molar-refractivity contribution < 1.29 is 33.1 Å². The fraction of sp³-hybridized carbons (Fsp3) is 0.500. The number of benzene rings is 1. The molecule has 2 aromatic heterocycles. The highest BCUT2D eigenvalue weighted by Gasteiger charge is 2.58. The number of nitrogens with zero attached hydrogens (tertiary/aromatic N) is 4. The second-order valence-corrected chi connectivity index (χ2v) is 12.6. The van der Waals surface area contributed by atoms with Crippen LogP contribution in [0.5, 0.6) is 5.75 Å². The molecule has 1 fully saturated rings. The monoisotopic (exact) mass is 590 g/mol. The fourth-order valence-corrected chi connectivity index (χ4v) is 6.52. The predicted molar refractivity (Wildman–Crippen MR) is 141 cm³/mol. The van der Waals surface area contributed by atoms with E-state index < -0.39 is 49.1 Å². The average Bonchev–Trinajstić information content (AvgIpc) is 3.37. The number of anilines is 1. The second kappa shape index (κ2) is 11.6. The first-order chi connectivity index (χ1) is 17.9. The highest BCUT2D eigenvalue weighted by molar-refractivity contribution is 8.09. The van der Waals surface area contributed by atoms with Gasteiger partial charge in [0.05, 0.1) is 25.1 Å². The highest BCUT2D eigenvalue weighted by Crippen LogP contribution is 2.49. The quantitative estimate of drug-likeness (QED) is 0.147. The maximum Gasteiger partial charge on any atom is 0.313 e. The summed E-state index contributed by atoms with van der Waals surface area (Å²) in [6, 6.07) is 7.96. The van der Waals surface area contributed by atoms with Crippen LogP contribution < -0.4 is 15.3 Å². The van der Waals surface area contributed by atoms with Crippen LogP contribution in [-0.2, 0) is 25.8 Å². The third-order valence-electron chi connectivity index (χ3n) is 5.60. The van der Waals surface area contributed by atoms with Gasteiger partial charge in [-0.05, 0) is 44.7 Å². The van der Waals surface area contributed by atoms with E-state index >= 15 is 4.39 Å². The number of nitrogens with two attached hydrogens (primary N) is 1. The van der Waals surface area contributed by atoms with Gasteiger partial charge in [0, 0.05) is 0 Å². The molecule has 208 valence electrons. The van der Waals surface area contributed by atoms with Crippen molar-refractivity contribution in [1.82, 2.24) is 24.6 Å². The molecule has 1 saturated heterocycles. The van der Waals surface area contributed by atoms with Gasteiger partial charge in [0.1, 0.15) is 29.8 Å². The maximum absolute atomic E-state index is 15.6. The number of hydrogen-bond donors (Lipinski definition) is 4. The van der Waals surface area contributed by atoms with Crippen LogP contribution in [0, 0.1) is 0 Å². The minimum Gasteiger partial charge on any atom is -0.433 e. The number of aliphatic hydroxyl groups is 2. The molecule has 7 unspecified atom stereocenters. The van der Waals surface area contributed by atoms with Crippen LogP contribution in [-0.4, -0.2) is 72.1 Å². The van der Waals surface area contributed by atoms with Crippen LogP contribution >= 0.6 is 18.2 Å². The molecule has 12 nitrogen and oxygen atoms in total. The number of hydrogen-bond acceptors (Lipinski definition) is 11. The highest BCUT2D eigenvalue weighted by atomic mass is 35.5. The molecule has 4 rings (SSSR count). The number of alkyl halides is 2. The number of para-hydroxylation sites is 1. The lowest BCUT2D eigenvalue weighted by Gasteiger charge is -2.30. The topological polar surface area (TPSA) is 159 Å². The Balaban J connectivity index is 1.53. The summed E-state index contributed by atoms with van der Waals surface area (Å²) in [6.07, 6.45) is -3.63. The first-order valence-electron chi connectivity index (χ1n) is 11.7. The first kappa shape index (κ1) is 29.0. The minimum absolute atomic E-state index is 0.0915. The van der Waals surface area contributed by atoms with Gasteiger partial charge in [-0.3, -0.25) is 4.57 Å². The van der Waals surface area contributed by atoms with Gasteiger partial charge in [0.2, 0.25) is 0 Å². The maximum atomic E-state index is 15.6. The Hall–Kier alpha value is -2.00.